The maximum absolute atomic E-state index is 12.9. The van der Waals surface area contributed by atoms with Crippen molar-refractivity contribution in [3.05, 3.63) is 47.2 Å². The highest BCUT2D eigenvalue weighted by Crippen LogP contribution is 2.21. The molecule has 0 bridgehead atoms. The molecule has 1 aromatic carbocycles. The van der Waals surface area contributed by atoms with Gasteiger partial charge in [0.25, 0.3) is 5.91 Å². The summed E-state index contributed by atoms with van der Waals surface area (Å²) in [7, 11) is 0.128. The summed E-state index contributed by atoms with van der Waals surface area (Å²) in [4.78, 5) is 16.3. The number of sulfonamides is 1. The fourth-order valence-electron chi connectivity index (χ4n) is 2.99. The lowest BCUT2D eigenvalue weighted by Crippen LogP contribution is -2.50. The van der Waals surface area contributed by atoms with Crippen molar-refractivity contribution in [1.29, 1.82) is 0 Å². The van der Waals surface area contributed by atoms with E-state index in [1.54, 1.807) is 34.1 Å². The second-order valence-electron chi connectivity index (χ2n) is 7.11. The molecule has 0 radical (unpaired) electrons. The Labute approximate surface area is 165 Å². The molecule has 0 atom stereocenters. The fraction of sp³-hybridized carbons (Fsp3) is 0.421. The van der Waals surface area contributed by atoms with Crippen LogP contribution < -0.4 is 4.90 Å². The minimum atomic E-state index is -3.57. The monoisotopic (exact) mass is 403 g/mol. The first-order chi connectivity index (χ1) is 13.2. The first-order valence-electron chi connectivity index (χ1n) is 9.08. The number of anilines is 1. The van der Waals surface area contributed by atoms with Gasteiger partial charge in [-0.05, 0) is 49.2 Å². The Morgan fingerprint density at radius 1 is 0.964 bits per heavy atom. The molecule has 0 unspecified atom stereocenters. The molecule has 1 saturated heterocycles. The van der Waals surface area contributed by atoms with Gasteiger partial charge in [0, 0.05) is 40.3 Å². The summed E-state index contributed by atoms with van der Waals surface area (Å²) in [5, 5.41) is 8.02. The fourth-order valence-corrected chi connectivity index (χ4v) is 4.50. The van der Waals surface area contributed by atoms with Gasteiger partial charge in [-0.3, -0.25) is 4.79 Å². The summed E-state index contributed by atoms with van der Waals surface area (Å²) in [5.74, 6) is 0.432. The first-order valence-corrected chi connectivity index (χ1v) is 10.5. The highest BCUT2D eigenvalue weighted by molar-refractivity contribution is 7.89. The molecule has 1 aromatic heterocycles. The summed E-state index contributed by atoms with van der Waals surface area (Å²) in [6, 6.07) is 8.53. The minimum Gasteiger partial charge on any atom is -0.361 e. The summed E-state index contributed by atoms with van der Waals surface area (Å²) in [5.41, 5.74) is 2.25. The summed E-state index contributed by atoms with van der Waals surface area (Å²) >= 11 is 0. The van der Waals surface area contributed by atoms with Crippen molar-refractivity contribution in [2.45, 2.75) is 18.7 Å². The number of piperazine rings is 1. The maximum Gasteiger partial charge on any atom is 0.274 e. The Bertz CT molecular complexity index is 966. The van der Waals surface area contributed by atoms with Crippen molar-refractivity contribution in [2.24, 2.45) is 0 Å². The average Bonchev–Trinajstić information content (AvgIpc) is 2.69. The van der Waals surface area contributed by atoms with Crippen LogP contribution in [0.25, 0.3) is 0 Å². The molecule has 0 aliphatic carbocycles. The summed E-state index contributed by atoms with van der Waals surface area (Å²) in [6.45, 7) is 4.99. The van der Waals surface area contributed by atoms with Crippen molar-refractivity contribution in [3.63, 3.8) is 0 Å². The van der Waals surface area contributed by atoms with E-state index in [-0.39, 0.29) is 24.7 Å². The quantitative estimate of drug-likeness (QED) is 0.765. The van der Waals surface area contributed by atoms with Gasteiger partial charge in [-0.15, -0.1) is 10.2 Å². The van der Waals surface area contributed by atoms with Crippen LogP contribution in [0.2, 0.25) is 0 Å². The van der Waals surface area contributed by atoms with Crippen molar-refractivity contribution >= 4 is 21.7 Å². The van der Waals surface area contributed by atoms with Crippen LogP contribution in [0.1, 0.15) is 21.6 Å². The Kier molecular flexibility index (Phi) is 5.66. The van der Waals surface area contributed by atoms with E-state index < -0.39 is 10.0 Å². The minimum absolute atomic E-state index is 0.235. The number of rotatable bonds is 4. The molecule has 1 amide bonds. The molecule has 1 aliphatic rings. The lowest BCUT2D eigenvalue weighted by molar-refractivity contribution is 0.0691. The molecule has 8 nitrogen and oxygen atoms in total. The highest BCUT2D eigenvalue weighted by atomic mass is 32.2. The van der Waals surface area contributed by atoms with E-state index in [0.29, 0.717) is 23.8 Å². The van der Waals surface area contributed by atoms with E-state index in [1.165, 1.54) is 4.31 Å². The Balaban J connectivity index is 1.68. The van der Waals surface area contributed by atoms with Crippen LogP contribution >= 0.6 is 0 Å². The predicted molar refractivity (Wildman–Crippen MR) is 107 cm³/mol. The molecule has 150 valence electrons. The number of amides is 1. The predicted octanol–water partition coefficient (Wildman–Crippen LogP) is 1.31. The van der Waals surface area contributed by atoms with Crippen LogP contribution in [0.15, 0.2) is 35.2 Å². The third-order valence-corrected chi connectivity index (χ3v) is 6.86. The largest absolute Gasteiger partial charge is 0.361 e. The zero-order valence-electron chi connectivity index (χ0n) is 16.6. The van der Waals surface area contributed by atoms with Crippen molar-refractivity contribution in [2.75, 3.05) is 45.2 Å². The smallest absolute Gasteiger partial charge is 0.274 e. The summed E-state index contributed by atoms with van der Waals surface area (Å²) < 4.78 is 27.2. The molecule has 2 heterocycles. The molecule has 1 aliphatic heterocycles. The van der Waals surface area contributed by atoms with Gasteiger partial charge in [-0.25, -0.2) is 8.42 Å². The number of carbonyl (C=O) groups is 1. The van der Waals surface area contributed by atoms with Crippen LogP contribution in [0, 0.1) is 13.8 Å². The van der Waals surface area contributed by atoms with Crippen molar-refractivity contribution in [1.82, 2.24) is 19.4 Å². The van der Waals surface area contributed by atoms with Crippen LogP contribution in [0.3, 0.4) is 0 Å². The number of aryl methyl sites for hydroxylation is 2. The standard InChI is InChI=1S/C19H25N5O3S/c1-14-5-6-16(13-15(14)2)28(26,27)24-11-9-23(10-12-24)19(25)17-7-8-18(21-20-17)22(3)4/h5-8,13H,9-12H2,1-4H3. The molecule has 0 spiro atoms. The zero-order chi connectivity index (χ0) is 20.5. The molecular formula is C19H25N5O3S. The van der Waals surface area contributed by atoms with Gasteiger partial charge in [0.05, 0.1) is 4.90 Å². The molecule has 0 saturated carbocycles. The number of hydrogen-bond acceptors (Lipinski definition) is 6. The third-order valence-electron chi connectivity index (χ3n) is 4.97. The van der Waals surface area contributed by atoms with Gasteiger partial charge in [-0.1, -0.05) is 6.07 Å². The van der Waals surface area contributed by atoms with E-state index in [2.05, 4.69) is 10.2 Å². The van der Waals surface area contributed by atoms with Gasteiger partial charge < -0.3 is 9.80 Å². The van der Waals surface area contributed by atoms with Crippen molar-refractivity contribution < 1.29 is 13.2 Å². The third kappa shape index (κ3) is 4.00. The molecule has 2 aromatic rings. The van der Waals surface area contributed by atoms with E-state index in [9.17, 15) is 13.2 Å². The number of hydrogen-bond donors (Lipinski definition) is 0. The van der Waals surface area contributed by atoms with Gasteiger partial charge in [0.1, 0.15) is 0 Å². The average molecular weight is 404 g/mol. The zero-order valence-corrected chi connectivity index (χ0v) is 17.4. The van der Waals surface area contributed by atoms with Gasteiger partial charge in [0.2, 0.25) is 10.0 Å². The molecule has 3 rings (SSSR count). The highest BCUT2D eigenvalue weighted by Gasteiger charge is 2.31. The topological polar surface area (TPSA) is 86.7 Å². The lowest BCUT2D eigenvalue weighted by atomic mass is 10.1. The number of benzene rings is 1. The Morgan fingerprint density at radius 3 is 2.18 bits per heavy atom. The van der Waals surface area contributed by atoms with Gasteiger partial charge in [-0.2, -0.15) is 4.31 Å². The Morgan fingerprint density at radius 2 is 1.64 bits per heavy atom. The van der Waals surface area contributed by atoms with E-state index in [1.807, 2.05) is 34.0 Å². The lowest BCUT2D eigenvalue weighted by Gasteiger charge is -2.33. The number of aromatic nitrogens is 2. The number of nitrogens with zero attached hydrogens (tertiary/aromatic N) is 5. The SMILES string of the molecule is Cc1ccc(S(=O)(=O)N2CCN(C(=O)c3ccc(N(C)C)nn3)CC2)cc1C. The maximum atomic E-state index is 12.9. The van der Waals surface area contributed by atoms with E-state index >= 15 is 0 Å². The molecule has 1 fully saturated rings. The summed E-state index contributed by atoms with van der Waals surface area (Å²) in [6.07, 6.45) is 0. The van der Waals surface area contributed by atoms with E-state index in [4.69, 9.17) is 0 Å². The van der Waals surface area contributed by atoms with Crippen LogP contribution in [0.5, 0.6) is 0 Å². The molecule has 9 heteroatoms. The first kappa shape index (κ1) is 20.2. The normalized spacial score (nSPS) is 15.5. The Hall–Kier alpha value is -2.52. The molecular weight excluding hydrogens is 378 g/mol. The van der Waals surface area contributed by atoms with E-state index in [0.717, 1.165) is 11.1 Å². The van der Waals surface area contributed by atoms with Crippen LogP contribution in [0.4, 0.5) is 5.82 Å². The number of carbonyl (C=O) groups excluding carboxylic acids is 1. The second-order valence-corrected chi connectivity index (χ2v) is 9.05. The van der Waals surface area contributed by atoms with Gasteiger partial charge in [0.15, 0.2) is 11.5 Å². The second kappa shape index (κ2) is 7.84. The van der Waals surface area contributed by atoms with Gasteiger partial charge >= 0.3 is 0 Å². The van der Waals surface area contributed by atoms with Crippen LogP contribution in [-0.4, -0.2) is 74.0 Å². The molecule has 28 heavy (non-hydrogen) atoms. The van der Waals surface area contributed by atoms with Crippen LogP contribution in [-0.2, 0) is 10.0 Å². The molecule has 0 N–H and O–H groups in total. The van der Waals surface area contributed by atoms with Crippen molar-refractivity contribution in [3.8, 4) is 0 Å².